The van der Waals surface area contributed by atoms with Crippen LogP contribution in [0.2, 0.25) is 0 Å². The normalized spacial score (nSPS) is 10.1. The van der Waals surface area contributed by atoms with Crippen LogP contribution in [0, 0.1) is 0 Å². The summed E-state index contributed by atoms with van der Waals surface area (Å²) in [4.78, 5) is 22.9. The SMILES string of the molecule is O=Cc1ccc(C(=O)NCc2ccccc2Oc2ccccc2)cc1. The number of carbonyl (C=O) groups excluding carboxylic acids is 2. The monoisotopic (exact) mass is 331 g/mol. The van der Waals surface area contributed by atoms with Crippen LogP contribution in [0.5, 0.6) is 11.5 Å². The number of carbonyl (C=O) groups is 2. The molecule has 4 nitrogen and oxygen atoms in total. The van der Waals surface area contributed by atoms with Crippen molar-refractivity contribution in [3.63, 3.8) is 0 Å². The third-order valence-electron chi connectivity index (χ3n) is 3.69. The first kappa shape index (κ1) is 16.5. The summed E-state index contributed by atoms with van der Waals surface area (Å²) in [5.41, 5.74) is 1.93. The maximum atomic E-state index is 12.2. The highest BCUT2D eigenvalue weighted by atomic mass is 16.5. The molecule has 3 aromatic rings. The molecule has 0 saturated carbocycles. The van der Waals surface area contributed by atoms with Gasteiger partial charge in [0.2, 0.25) is 0 Å². The Morgan fingerprint density at radius 2 is 1.56 bits per heavy atom. The lowest BCUT2D eigenvalue weighted by Gasteiger charge is -2.12. The van der Waals surface area contributed by atoms with E-state index in [0.29, 0.717) is 23.4 Å². The lowest BCUT2D eigenvalue weighted by Crippen LogP contribution is -2.23. The molecule has 0 heterocycles. The van der Waals surface area contributed by atoms with Crippen molar-refractivity contribution in [2.45, 2.75) is 6.54 Å². The first-order valence-corrected chi connectivity index (χ1v) is 7.90. The summed E-state index contributed by atoms with van der Waals surface area (Å²) in [6.45, 7) is 0.345. The molecule has 0 aliphatic heterocycles. The zero-order valence-corrected chi connectivity index (χ0v) is 13.5. The van der Waals surface area contributed by atoms with Crippen LogP contribution < -0.4 is 10.1 Å². The number of benzene rings is 3. The molecule has 0 radical (unpaired) electrons. The van der Waals surface area contributed by atoms with Gasteiger partial charge < -0.3 is 10.1 Å². The minimum absolute atomic E-state index is 0.202. The topological polar surface area (TPSA) is 55.4 Å². The highest BCUT2D eigenvalue weighted by Gasteiger charge is 2.08. The molecule has 0 saturated heterocycles. The first-order chi connectivity index (χ1) is 12.3. The van der Waals surface area contributed by atoms with E-state index in [9.17, 15) is 9.59 Å². The molecule has 0 unspecified atom stereocenters. The molecular formula is C21H17NO3. The van der Waals surface area contributed by atoms with Crippen LogP contribution in [-0.4, -0.2) is 12.2 Å². The number of ether oxygens (including phenoxy) is 1. The minimum atomic E-state index is -0.202. The van der Waals surface area contributed by atoms with Gasteiger partial charge in [-0.3, -0.25) is 9.59 Å². The predicted molar refractivity (Wildman–Crippen MR) is 96.0 cm³/mol. The zero-order chi connectivity index (χ0) is 17.5. The van der Waals surface area contributed by atoms with Crippen LogP contribution in [-0.2, 0) is 6.54 Å². The maximum Gasteiger partial charge on any atom is 0.251 e. The second-order valence-electron chi connectivity index (χ2n) is 5.45. The van der Waals surface area contributed by atoms with Gasteiger partial charge in [0.15, 0.2) is 0 Å². The number of para-hydroxylation sites is 2. The average Bonchev–Trinajstić information content (AvgIpc) is 2.68. The number of nitrogens with one attached hydrogen (secondary N) is 1. The van der Waals surface area contributed by atoms with Crippen LogP contribution in [0.4, 0.5) is 0 Å². The molecule has 1 N–H and O–H groups in total. The Morgan fingerprint density at radius 1 is 0.880 bits per heavy atom. The van der Waals surface area contributed by atoms with Gasteiger partial charge >= 0.3 is 0 Å². The Balaban J connectivity index is 1.68. The minimum Gasteiger partial charge on any atom is -0.457 e. The molecule has 0 aliphatic carbocycles. The second-order valence-corrected chi connectivity index (χ2v) is 5.45. The molecule has 3 aromatic carbocycles. The lowest BCUT2D eigenvalue weighted by atomic mass is 10.1. The molecule has 0 aliphatic rings. The molecule has 0 aromatic heterocycles. The highest BCUT2D eigenvalue weighted by molar-refractivity contribution is 5.94. The molecule has 124 valence electrons. The summed E-state index contributed by atoms with van der Waals surface area (Å²) in [5, 5.41) is 2.87. The van der Waals surface area contributed by atoms with Crippen molar-refractivity contribution in [3.05, 3.63) is 95.6 Å². The summed E-state index contributed by atoms with van der Waals surface area (Å²) in [5.74, 6) is 1.24. The van der Waals surface area contributed by atoms with Gasteiger partial charge in [0.25, 0.3) is 5.91 Å². The quantitative estimate of drug-likeness (QED) is 0.688. The number of rotatable bonds is 6. The number of hydrogen-bond acceptors (Lipinski definition) is 3. The number of amides is 1. The van der Waals surface area contributed by atoms with E-state index in [1.807, 2.05) is 54.6 Å². The second kappa shape index (κ2) is 7.93. The van der Waals surface area contributed by atoms with E-state index < -0.39 is 0 Å². The van der Waals surface area contributed by atoms with Crippen LogP contribution in [0.15, 0.2) is 78.9 Å². The molecule has 1 amide bonds. The van der Waals surface area contributed by atoms with Crippen molar-refractivity contribution in [2.24, 2.45) is 0 Å². The average molecular weight is 331 g/mol. The highest BCUT2D eigenvalue weighted by Crippen LogP contribution is 2.24. The van der Waals surface area contributed by atoms with Gasteiger partial charge in [0.05, 0.1) is 0 Å². The summed E-state index contributed by atoms with van der Waals surface area (Å²) >= 11 is 0. The van der Waals surface area contributed by atoms with E-state index >= 15 is 0 Å². The van der Waals surface area contributed by atoms with E-state index in [-0.39, 0.29) is 5.91 Å². The summed E-state index contributed by atoms with van der Waals surface area (Å²) in [6, 6.07) is 23.6. The molecular weight excluding hydrogens is 314 g/mol. The van der Waals surface area contributed by atoms with Crippen LogP contribution >= 0.6 is 0 Å². The van der Waals surface area contributed by atoms with Crippen molar-refractivity contribution < 1.29 is 14.3 Å². The molecule has 0 fully saturated rings. The summed E-state index contributed by atoms with van der Waals surface area (Å²) < 4.78 is 5.89. The van der Waals surface area contributed by atoms with Crippen LogP contribution in [0.3, 0.4) is 0 Å². The molecule has 25 heavy (non-hydrogen) atoms. The van der Waals surface area contributed by atoms with Gasteiger partial charge in [-0.05, 0) is 30.3 Å². The zero-order valence-electron chi connectivity index (χ0n) is 13.5. The fourth-order valence-electron chi connectivity index (χ4n) is 2.36. The smallest absolute Gasteiger partial charge is 0.251 e. The molecule has 0 spiro atoms. The molecule has 3 rings (SSSR count). The van der Waals surface area contributed by atoms with E-state index in [1.165, 1.54) is 0 Å². The van der Waals surface area contributed by atoms with E-state index in [4.69, 9.17) is 4.74 Å². The first-order valence-electron chi connectivity index (χ1n) is 7.90. The van der Waals surface area contributed by atoms with Crippen LogP contribution in [0.25, 0.3) is 0 Å². The van der Waals surface area contributed by atoms with Crippen molar-refractivity contribution in [3.8, 4) is 11.5 Å². The Bertz CT molecular complexity index is 858. The van der Waals surface area contributed by atoms with Gasteiger partial charge in [0.1, 0.15) is 17.8 Å². The van der Waals surface area contributed by atoms with Crippen molar-refractivity contribution >= 4 is 12.2 Å². The third-order valence-corrected chi connectivity index (χ3v) is 3.69. The maximum absolute atomic E-state index is 12.2. The lowest BCUT2D eigenvalue weighted by molar-refractivity contribution is 0.0950. The Morgan fingerprint density at radius 3 is 2.28 bits per heavy atom. The largest absolute Gasteiger partial charge is 0.457 e. The Hall–Kier alpha value is -3.40. The standard InChI is InChI=1S/C21H17NO3/c23-15-16-10-12-17(13-11-16)21(24)22-14-18-6-4-5-9-20(18)25-19-7-2-1-3-8-19/h1-13,15H,14H2,(H,22,24). The van der Waals surface area contributed by atoms with Gasteiger partial charge in [-0.15, -0.1) is 0 Å². The van der Waals surface area contributed by atoms with Crippen molar-refractivity contribution in [1.29, 1.82) is 0 Å². The van der Waals surface area contributed by atoms with Crippen molar-refractivity contribution in [2.75, 3.05) is 0 Å². The molecule has 4 heteroatoms. The van der Waals surface area contributed by atoms with Crippen molar-refractivity contribution in [1.82, 2.24) is 5.32 Å². The fourth-order valence-corrected chi connectivity index (χ4v) is 2.36. The van der Waals surface area contributed by atoms with Gasteiger partial charge in [-0.2, -0.15) is 0 Å². The van der Waals surface area contributed by atoms with E-state index in [1.54, 1.807) is 24.3 Å². The number of aldehydes is 1. The Kier molecular flexibility index (Phi) is 5.22. The number of hydrogen-bond donors (Lipinski definition) is 1. The van der Waals surface area contributed by atoms with E-state index in [0.717, 1.165) is 17.6 Å². The van der Waals surface area contributed by atoms with Crippen LogP contribution in [0.1, 0.15) is 26.3 Å². The third kappa shape index (κ3) is 4.32. The fraction of sp³-hybridized carbons (Fsp3) is 0.0476. The Labute approximate surface area is 146 Å². The summed E-state index contributed by atoms with van der Waals surface area (Å²) in [7, 11) is 0. The summed E-state index contributed by atoms with van der Waals surface area (Å²) in [6.07, 6.45) is 0.749. The molecule has 0 bridgehead atoms. The van der Waals surface area contributed by atoms with E-state index in [2.05, 4.69) is 5.32 Å². The predicted octanol–water partition coefficient (Wildman–Crippen LogP) is 4.22. The molecule has 0 atom stereocenters. The van der Waals surface area contributed by atoms with Gasteiger partial charge in [0, 0.05) is 23.2 Å². The van der Waals surface area contributed by atoms with Gasteiger partial charge in [-0.25, -0.2) is 0 Å². The van der Waals surface area contributed by atoms with Gasteiger partial charge in [-0.1, -0.05) is 48.5 Å².